The normalized spacial score (nSPS) is 27.9. The van der Waals surface area contributed by atoms with Gasteiger partial charge in [-0.1, -0.05) is 13.8 Å². The van der Waals surface area contributed by atoms with Crippen molar-refractivity contribution >= 4 is 0 Å². The first-order chi connectivity index (χ1) is 8.12. The molecule has 2 saturated heterocycles. The van der Waals surface area contributed by atoms with Gasteiger partial charge in [0, 0.05) is 10.8 Å². The van der Waals surface area contributed by atoms with E-state index in [-0.39, 0.29) is 10.8 Å². The van der Waals surface area contributed by atoms with Crippen molar-refractivity contribution in [3.63, 3.8) is 0 Å². The Balaban J connectivity index is 1.70. The Hall–Kier alpha value is -0.200. The summed E-state index contributed by atoms with van der Waals surface area (Å²) in [6.45, 7) is 9.07. The van der Waals surface area contributed by atoms with Crippen LogP contribution in [0.1, 0.15) is 13.8 Å². The van der Waals surface area contributed by atoms with Gasteiger partial charge in [0.05, 0.1) is 39.6 Å². The van der Waals surface area contributed by atoms with Crippen LogP contribution in [0.15, 0.2) is 0 Å². The van der Waals surface area contributed by atoms with Crippen molar-refractivity contribution in [2.45, 2.75) is 13.8 Å². The fourth-order valence-electron chi connectivity index (χ4n) is 2.06. The molecule has 17 heavy (non-hydrogen) atoms. The molecule has 2 aliphatic heterocycles. The maximum Gasteiger partial charge on any atom is 0.146 e. The Morgan fingerprint density at radius 3 is 1.47 bits per heavy atom. The van der Waals surface area contributed by atoms with E-state index in [0.717, 1.165) is 0 Å². The minimum atomic E-state index is -0.0367. The summed E-state index contributed by atoms with van der Waals surface area (Å²) in [7, 11) is 0. The predicted octanol–water partition coefficient (Wildman–Crippen LogP) is 1.02. The largest absolute Gasteiger partial charge is 0.380 e. The van der Waals surface area contributed by atoms with Crippen molar-refractivity contribution in [3.05, 3.63) is 0 Å². The van der Waals surface area contributed by atoms with E-state index in [1.54, 1.807) is 0 Å². The molecule has 0 radical (unpaired) electrons. The predicted molar refractivity (Wildman–Crippen MR) is 60.6 cm³/mol. The molecule has 0 aromatic carbocycles. The average molecular weight is 246 g/mol. The van der Waals surface area contributed by atoms with Gasteiger partial charge in [0.2, 0.25) is 0 Å². The van der Waals surface area contributed by atoms with Gasteiger partial charge < -0.3 is 23.7 Å². The van der Waals surface area contributed by atoms with Crippen LogP contribution in [0.3, 0.4) is 0 Å². The Morgan fingerprint density at radius 1 is 0.765 bits per heavy atom. The summed E-state index contributed by atoms with van der Waals surface area (Å²) in [5, 5.41) is 0. The van der Waals surface area contributed by atoms with Gasteiger partial charge in [-0.25, -0.2) is 0 Å². The lowest BCUT2D eigenvalue weighted by Gasteiger charge is -2.36. The fraction of sp³-hybridized carbons (Fsp3) is 1.00. The van der Waals surface area contributed by atoms with E-state index in [4.69, 9.17) is 23.7 Å². The van der Waals surface area contributed by atoms with Crippen LogP contribution in [0.5, 0.6) is 0 Å². The van der Waals surface area contributed by atoms with E-state index < -0.39 is 0 Å². The third kappa shape index (κ3) is 3.89. The zero-order chi connectivity index (χ0) is 12.2. The van der Waals surface area contributed by atoms with Crippen molar-refractivity contribution in [2.24, 2.45) is 10.8 Å². The number of hydrogen-bond acceptors (Lipinski definition) is 5. The average Bonchev–Trinajstić information content (AvgIpc) is 2.30. The highest BCUT2D eigenvalue weighted by atomic mass is 16.7. The Kier molecular flexibility index (Phi) is 4.38. The second kappa shape index (κ2) is 5.63. The highest BCUT2D eigenvalue weighted by Gasteiger charge is 2.32. The Labute approximate surface area is 102 Å². The molecule has 0 amide bonds. The molecule has 2 fully saturated rings. The van der Waals surface area contributed by atoms with Crippen molar-refractivity contribution in [1.82, 2.24) is 0 Å². The molecule has 0 aliphatic carbocycles. The molecule has 0 unspecified atom stereocenters. The van der Waals surface area contributed by atoms with Crippen molar-refractivity contribution in [2.75, 3.05) is 53.2 Å². The molecular weight excluding hydrogens is 224 g/mol. The van der Waals surface area contributed by atoms with Gasteiger partial charge in [0.25, 0.3) is 0 Å². The third-order valence-corrected chi connectivity index (χ3v) is 3.04. The third-order valence-electron chi connectivity index (χ3n) is 3.04. The standard InChI is InChI=1S/C12H22O5/c1-11(5-14-9-15-6-11)3-13-4-12(2)7-16-10-17-8-12/h3-10H2,1-2H3. The molecule has 0 bridgehead atoms. The molecule has 0 aromatic rings. The lowest BCUT2D eigenvalue weighted by molar-refractivity contribution is -0.197. The van der Waals surface area contributed by atoms with Crippen LogP contribution >= 0.6 is 0 Å². The lowest BCUT2D eigenvalue weighted by Crippen LogP contribution is -2.42. The van der Waals surface area contributed by atoms with Gasteiger partial charge in [0.15, 0.2) is 0 Å². The molecule has 5 nitrogen and oxygen atoms in total. The first-order valence-corrected chi connectivity index (χ1v) is 6.01. The zero-order valence-corrected chi connectivity index (χ0v) is 10.7. The lowest BCUT2D eigenvalue weighted by atomic mass is 9.92. The van der Waals surface area contributed by atoms with Gasteiger partial charge in [0.1, 0.15) is 13.6 Å². The summed E-state index contributed by atoms with van der Waals surface area (Å²) in [4.78, 5) is 0. The second-order valence-corrected chi connectivity index (χ2v) is 5.74. The van der Waals surface area contributed by atoms with Gasteiger partial charge in [-0.05, 0) is 0 Å². The van der Waals surface area contributed by atoms with Gasteiger partial charge in [-0.2, -0.15) is 0 Å². The number of ether oxygens (including phenoxy) is 5. The Morgan fingerprint density at radius 2 is 1.12 bits per heavy atom. The van der Waals surface area contributed by atoms with Gasteiger partial charge >= 0.3 is 0 Å². The van der Waals surface area contributed by atoms with Gasteiger partial charge in [-0.3, -0.25) is 0 Å². The van der Waals surface area contributed by atoms with Crippen molar-refractivity contribution in [3.8, 4) is 0 Å². The molecule has 5 heteroatoms. The molecule has 100 valence electrons. The summed E-state index contributed by atoms with van der Waals surface area (Å²) in [5.74, 6) is 0. The minimum Gasteiger partial charge on any atom is -0.380 e. The van der Waals surface area contributed by atoms with E-state index in [1.165, 1.54) is 0 Å². The van der Waals surface area contributed by atoms with Crippen LogP contribution < -0.4 is 0 Å². The second-order valence-electron chi connectivity index (χ2n) is 5.74. The van der Waals surface area contributed by atoms with Crippen LogP contribution in [-0.4, -0.2) is 53.2 Å². The maximum atomic E-state index is 5.80. The quantitative estimate of drug-likeness (QED) is 0.741. The fourth-order valence-corrected chi connectivity index (χ4v) is 2.06. The minimum absolute atomic E-state index is 0.0367. The molecule has 0 saturated carbocycles. The summed E-state index contributed by atoms with van der Waals surface area (Å²) in [6.07, 6.45) is 0. The molecule has 0 atom stereocenters. The van der Waals surface area contributed by atoms with Crippen LogP contribution in [0.2, 0.25) is 0 Å². The molecule has 2 aliphatic rings. The van der Waals surface area contributed by atoms with Crippen LogP contribution in [0, 0.1) is 10.8 Å². The molecule has 0 aromatic heterocycles. The zero-order valence-electron chi connectivity index (χ0n) is 10.7. The Bertz CT molecular complexity index is 207. The highest BCUT2D eigenvalue weighted by Crippen LogP contribution is 2.25. The summed E-state index contributed by atoms with van der Waals surface area (Å²) < 4.78 is 27.0. The van der Waals surface area contributed by atoms with Crippen LogP contribution in [-0.2, 0) is 23.7 Å². The molecule has 2 rings (SSSR count). The summed E-state index contributed by atoms with van der Waals surface area (Å²) >= 11 is 0. The van der Waals surface area contributed by atoms with Crippen molar-refractivity contribution < 1.29 is 23.7 Å². The molecular formula is C12H22O5. The number of hydrogen-bond donors (Lipinski definition) is 0. The molecule has 0 N–H and O–H groups in total. The first-order valence-electron chi connectivity index (χ1n) is 6.01. The van der Waals surface area contributed by atoms with E-state index in [0.29, 0.717) is 53.2 Å². The van der Waals surface area contributed by atoms with Gasteiger partial charge in [-0.15, -0.1) is 0 Å². The maximum absolute atomic E-state index is 5.80. The van der Waals surface area contributed by atoms with E-state index in [1.807, 2.05) is 0 Å². The molecule has 2 heterocycles. The first kappa shape index (κ1) is 13.2. The van der Waals surface area contributed by atoms with Crippen molar-refractivity contribution in [1.29, 1.82) is 0 Å². The van der Waals surface area contributed by atoms with E-state index in [2.05, 4.69) is 13.8 Å². The number of rotatable bonds is 4. The SMILES string of the molecule is CC1(COCC2(C)COCOC2)COCOC1. The van der Waals surface area contributed by atoms with Crippen LogP contribution in [0.25, 0.3) is 0 Å². The summed E-state index contributed by atoms with van der Waals surface area (Å²) in [6, 6.07) is 0. The topological polar surface area (TPSA) is 46.2 Å². The smallest absolute Gasteiger partial charge is 0.146 e. The van der Waals surface area contributed by atoms with Crippen LogP contribution in [0.4, 0.5) is 0 Å². The highest BCUT2D eigenvalue weighted by molar-refractivity contribution is 4.78. The summed E-state index contributed by atoms with van der Waals surface area (Å²) in [5.41, 5.74) is -0.0734. The molecule has 0 spiro atoms. The van der Waals surface area contributed by atoms with E-state index >= 15 is 0 Å². The monoisotopic (exact) mass is 246 g/mol. The van der Waals surface area contributed by atoms with E-state index in [9.17, 15) is 0 Å².